The first-order valence-corrected chi connectivity index (χ1v) is 10.9. The van der Waals surface area contributed by atoms with E-state index < -0.39 is 5.25 Å². The molecule has 1 N–H and O–H groups in total. The molecule has 1 heterocycles. The number of rotatable bonds is 7. The van der Waals surface area contributed by atoms with Gasteiger partial charge in [-0.05, 0) is 43.5 Å². The van der Waals surface area contributed by atoms with E-state index in [4.69, 9.17) is 4.99 Å². The van der Waals surface area contributed by atoms with Crippen molar-refractivity contribution in [1.82, 2.24) is 4.90 Å². The Balaban J connectivity index is 1.76. The first-order valence-electron chi connectivity index (χ1n) is 9.97. The molecule has 1 saturated heterocycles. The van der Waals surface area contributed by atoms with Crippen LogP contribution in [0.3, 0.4) is 0 Å². The molecule has 2 amide bonds. The van der Waals surface area contributed by atoms with Gasteiger partial charge in [0.15, 0.2) is 5.17 Å². The van der Waals surface area contributed by atoms with Gasteiger partial charge in [-0.1, -0.05) is 61.5 Å². The quantitative estimate of drug-likeness (QED) is 0.695. The Labute approximate surface area is 176 Å². The van der Waals surface area contributed by atoms with Crippen molar-refractivity contribution in [2.75, 3.05) is 11.9 Å². The summed E-state index contributed by atoms with van der Waals surface area (Å²) in [7, 11) is 0. The molecule has 0 bridgehead atoms. The van der Waals surface area contributed by atoms with E-state index in [1.165, 1.54) is 11.8 Å². The Morgan fingerprint density at radius 1 is 1.10 bits per heavy atom. The van der Waals surface area contributed by atoms with Crippen LogP contribution in [0.15, 0.2) is 53.5 Å². The number of carbonyl (C=O) groups is 2. The van der Waals surface area contributed by atoms with Gasteiger partial charge in [-0.25, -0.2) is 4.99 Å². The third kappa shape index (κ3) is 5.26. The monoisotopic (exact) mass is 409 g/mol. The summed E-state index contributed by atoms with van der Waals surface area (Å²) in [5, 5.41) is 3.17. The molecule has 0 aliphatic carbocycles. The number of thioether (sulfide) groups is 1. The van der Waals surface area contributed by atoms with Crippen molar-refractivity contribution >= 4 is 40.1 Å². The zero-order chi connectivity index (χ0) is 20.8. The molecule has 1 atom stereocenters. The average molecular weight is 410 g/mol. The summed E-state index contributed by atoms with van der Waals surface area (Å²) in [4.78, 5) is 32.1. The van der Waals surface area contributed by atoms with Gasteiger partial charge in [0.2, 0.25) is 11.8 Å². The van der Waals surface area contributed by atoms with Crippen LogP contribution in [0.4, 0.5) is 11.4 Å². The first kappa shape index (κ1) is 21.1. The summed E-state index contributed by atoms with van der Waals surface area (Å²) in [5.41, 5.74) is 3.70. The third-order valence-electron chi connectivity index (χ3n) is 4.88. The number of aryl methyl sites for hydroxylation is 2. The topological polar surface area (TPSA) is 61.8 Å². The maximum atomic E-state index is 13.0. The van der Waals surface area contributed by atoms with Gasteiger partial charge in [0.25, 0.3) is 0 Å². The molecule has 0 aromatic heterocycles. The number of amidine groups is 1. The molecule has 1 aliphatic rings. The molecule has 29 heavy (non-hydrogen) atoms. The summed E-state index contributed by atoms with van der Waals surface area (Å²) < 4.78 is 0. The van der Waals surface area contributed by atoms with E-state index in [0.29, 0.717) is 11.7 Å². The minimum absolute atomic E-state index is 0.0317. The van der Waals surface area contributed by atoms with Gasteiger partial charge in [-0.15, -0.1) is 0 Å². The van der Waals surface area contributed by atoms with Crippen molar-refractivity contribution in [3.8, 4) is 0 Å². The zero-order valence-corrected chi connectivity index (χ0v) is 18.0. The summed E-state index contributed by atoms with van der Waals surface area (Å²) in [6.45, 7) is 6.68. The van der Waals surface area contributed by atoms with Gasteiger partial charge in [-0.2, -0.15) is 0 Å². The maximum Gasteiger partial charge on any atom is 0.242 e. The van der Waals surface area contributed by atoms with E-state index >= 15 is 0 Å². The van der Waals surface area contributed by atoms with E-state index in [-0.39, 0.29) is 18.2 Å². The van der Waals surface area contributed by atoms with Gasteiger partial charge in [-0.3, -0.25) is 14.5 Å². The van der Waals surface area contributed by atoms with E-state index in [9.17, 15) is 9.59 Å². The number of carbonyl (C=O) groups excluding carboxylic acids is 2. The molecular formula is C23H27N3O2S. The van der Waals surface area contributed by atoms with Crippen LogP contribution in [-0.2, 0) is 9.59 Å². The standard InChI is InChI=1S/C23H27N3O2S/c1-4-5-14-26-22(28)20(15-21(27)24-18-12-8-6-10-16(18)2)29-23(26)25-19-13-9-7-11-17(19)3/h6-13,20H,4-5,14-15H2,1-3H3,(H,24,27)/t20-/m1/s1. The number of hydrogen-bond donors (Lipinski definition) is 1. The highest BCUT2D eigenvalue weighted by molar-refractivity contribution is 8.15. The fraction of sp³-hybridized carbons (Fsp3) is 0.348. The normalized spacial score (nSPS) is 17.8. The lowest BCUT2D eigenvalue weighted by Gasteiger charge is -2.16. The number of hydrogen-bond acceptors (Lipinski definition) is 4. The molecule has 152 valence electrons. The molecule has 5 nitrogen and oxygen atoms in total. The van der Waals surface area contributed by atoms with Gasteiger partial charge < -0.3 is 5.32 Å². The molecule has 0 radical (unpaired) electrons. The smallest absolute Gasteiger partial charge is 0.242 e. The zero-order valence-electron chi connectivity index (χ0n) is 17.1. The number of para-hydroxylation sites is 2. The molecule has 3 rings (SSSR count). The second-order valence-electron chi connectivity index (χ2n) is 7.20. The number of nitrogens with zero attached hydrogens (tertiary/aromatic N) is 2. The Kier molecular flexibility index (Phi) is 7.09. The highest BCUT2D eigenvalue weighted by Crippen LogP contribution is 2.33. The molecule has 6 heteroatoms. The molecule has 1 aliphatic heterocycles. The van der Waals surface area contributed by atoms with Crippen LogP contribution in [0.5, 0.6) is 0 Å². The van der Waals surface area contributed by atoms with Crippen molar-refractivity contribution in [2.45, 2.75) is 45.3 Å². The molecule has 0 saturated carbocycles. The van der Waals surface area contributed by atoms with E-state index in [1.807, 2.05) is 62.4 Å². The van der Waals surface area contributed by atoms with Crippen molar-refractivity contribution in [3.05, 3.63) is 59.7 Å². The van der Waals surface area contributed by atoms with Crippen LogP contribution in [0, 0.1) is 13.8 Å². The highest BCUT2D eigenvalue weighted by Gasteiger charge is 2.38. The second-order valence-corrected chi connectivity index (χ2v) is 8.37. The second kappa shape index (κ2) is 9.74. The molecule has 2 aromatic carbocycles. The van der Waals surface area contributed by atoms with E-state index in [0.717, 1.165) is 35.3 Å². The molecule has 1 fully saturated rings. The van der Waals surface area contributed by atoms with Gasteiger partial charge in [0, 0.05) is 18.7 Å². The molecule has 0 unspecified atom stereocenters. The Bertz CT molecular complexity index is 926. The number of aliphatic imine (C=N–C) groups is 1. The van der Waals surface area contributed by atoms with Gasteiger partial charge in [0.1, 0.15) is 5.25 Å². The summed E-state index contributed by atoms with van der Waals surface area (Å²) in [6.07, 6.45) is 2.03. The number of anilines is 1. The SMILES string of the molecule is CCCCN1C(=O)[C@@H](CC(=O)Nc2ccccc2C)SC1=Nc1ccccc1C. The predicted octanol–water partition coefficient (Wildman–Crippen LogP) is 5.06. The van der Waals surface area contributed by atoms with Crippen molar-refractivity contribution < 1.29 is 9.59 Å². The van der Waals surface area contributed by atoms with Crippen LogP contribution in [-0.4, -0.2) is 33.7 Å². The van der Waals surface area contributed by atoms with Crippen molar-refractivity contribution in [2.24, 2.45) is 4.99 Å². The lowest BCUT2D eigenvalue weighted by molar-refractivity contribution is -0.128. The average Bonchev–Trinajstić information content (AvgIpc) is 2.98. The Hall–Kier alpha value is -2.60. The van der Waals surface area contributed by atoms with E-state index in [1.54, 1.807) is 4.90 Å². The highest BCUT2D eigenvalue weighted by atomic mass is 32.2. The molecule has 2 aromatic rings. The maximum absolute atomic E-state index is 13.0. The summed E-state index contributed by atoms with van der Waals surface area (Å²) in [5.74, 6) is -0.187. The lowest BCUT2D eigenvalue weighted by Crippen LogP contribution is -2.34. The molecular weight excluding hydrogens is 382 g/mol. The summed E-state index contributed by atoms with van der Waals surface area (Å²) >= 11 is 1.39. The van der Waals surface area contributed by atoms with E-state index in [2.05, 4.69) is 12.2 Å². The number of benzene rings is 2. The summed E-state index contributed by atoms with van der Waals surface area (Å²) in [6, 6.07) is 15.5. The number of unbranched alkanes of at least 4 members (excludes halogenated alkanes) is 1. The third-order valence-corrected chi connectivity index (χ3v) is 6.05. The minimum atomic E-state index is -0.446. The Morgan fingerprint density at radius 2 is 1.79 bits per heavy atom. The van der Waals surface area contributed by atoms with Crippen molar-refractivity contribution in [3.63, 3.8) is 0 Å². The van der Waals surface area contributed by atoms with Crippen LogP contribution in [0.2, 0.25) is 0 Å². The van der Waals surface area contributed by atoms with Crippen LogP contribution in [0.1, 0.15) is 37.3 Å². The van der Waals surface area contributed by atoms with Gasteiger partial charge >= 0.3 is 0 Å². The predicted molar refractivity (Wildman–Crippen MR) is 121 cm³/mol. The largest absolute Gasteiger partial charge is 0.326 e. The lowest BCUT2D eigenvalue weighted by atomic mass is 10.2. The number of amides is 2. The molecule has 0 spiro atoms. The van der Waals surface area contributed by atoms with Crippen LogP contribution in [0.25, 0.3) is 0 Å². The van der Waals surface area contributed by atoms with Crippen molar-refractivity contribution in [1.29, 1.82) is 0 Å². The number of nitrogens with one attached hydrogen (secondary N) is 1. The van der Waals surface area contributed by atoms with Crippen LogP contribution < -0.4 is 5.32 Å². The fourth-order valence-electron chi connectivity index (χ4n) is 3.12. The fourth-order valence-corrected chi connectivity index (χ4v) is 4.30. The Morgan fingerprint density at radius 3 is 2.48 bits per heavy atom. The minimum Gasteiger partial charge on any atom is -0.326 e. The van der Waals surface area contributed by atoms with Gasteiger partial charge in [0.05, 0.1) is 5.69 Å². The van der Waals surface area contributed by atoms with Crippen LogP contribution >= 0.6 is 11.8 Å². The first-order chi connectivity index (χ1) is 14.0.